The van der Waals surface area contributed by atoms with Crippen LogP contribution in [0.3, 0.4) is 0 Å². The Hall–Kier alpha value is -2.32. The van der Waals surface area contributed by atoms with Crippen LogP contribution in [-0.4, -0.2) is 26.3 Å². The van der Waals surface area contributed by atoms with Gasteiger partial charge in [0.2, 0.25) is 5.13 Å². The van der Waals surface area contributed by atoms with Gasteiger partial charge < -0.3 is 10.4 Å². The third kappa shape index (κ3) is 2.78. The number of carboxylic acids is 1. The summed E-state index contributed by atoms with van der Waals surface area (Å²) in [6.45, 7) is 0. The van der Waals surface area contributed by atoms with Crippen LogP contribution in [0.2, 0.25) is 0 Å². The molecule has 4 rings (SSSR count). The molecule has 122 valence electrons. The van der Waals surface area contributed by atoms with E-state index in [4.69, 9.17) is 0 Å². The van der Waals surface area contributed by atoms with Gasteiger partial charge in [-0.3, -0.25) is 4.98 Å². The first-order valence-electron chi connectivity index (χ1n) is 7.61. The van der Waals surface area contributed by atoms with Crippen LogP contribution in [0.15, 0.2) is 24.5 Å². The molecule has 0 amide bonds. The van der Waals surface area contributed by atoms with Crippen molar-refractivity contribution < 1.29 is 9.90 Å². The number of aromatic nitrogens is 3. The maximum Gasteiger partial charge on any atom is 0.339 e. The van der Waals surface area contributed by atoms with E-state index in [1.54, 1.807) is 12.4 Å². The summed E-state index contributed by atoms with van der Waals surface area (Å²) in [5.74, 6) is -0.879. The van der Waals surface area contributed by atoms with Crippen LogP contribution in [0.5, 0.6) is 0 Å². The SMILES string of the molecule is O=C(O)c1c(Nc2nnc(-c3ccncc3)s2)sc2c1CCCC2. The first kappa shape index (κ1) is 15.2. The summed E-state index contributed by atoms with van der Waals surface area (Å²) in [5, 5.41) is 23.1. The topological polar surface area (TPSA) is 88.0 Å². The number of thiophene rings is 1. The number of nitrogens with one attached hydrogen (secondary N) is 1. The van der Waals surface area contributed by atoms with Crippen LogP contribution in [0.25, 0.3) is 10.6 Å². The number of anilines is 2. The molecule has 0 spiro atoms. The van der Waals surface area contributed by atoms with Gasteiger partial charge >= 0.3 is 5.97 Å². The predicted molar refractivity (Wildman–Crippen MR) is 94.3 cm³/mol. The molecule has 1 aliphatic carbocycles. The molecule has 8 heteroatoms. The average molecular weight is 358 g/mol. The van der Waals surface area contributed by atoms with E-state index >= 15 is 0 Å². The number of hydrogen-bond acceptors (Lipinski definition) is 7. The maximum atomic E-state index is 11.7. The summed E-state index contributed by atoms with van der Waals surface area (Å²) >= 11 is 2.93. The molecule has 6 nitrogen and oxygen atoms in total. The van der Waals surface area contributed by atoms with Crippen molar-refractivity contribution in [3.8, 4) is 10.6 Å². The van der Waals surface area contributed by atoms with Gasteiger partial charge in [0.05, 0.1) is 5.56 Å². The third-order valence-electron chi connectivity index (χ3n) is 3.96. The van der Waals surface area contributed by atoms with Gasteiger partial charge in [0, 0.05) is 22.8 Å². The lowest BCUT2D eigenvalue weighted by atomic mass is 9.95. The Morgan fingerprint density at radius 2 is 1.92 bits per heavy atom. The fourth-order valence-corrected chi connectivity index (χ4v) is 4.96. The molecule has 0 aromatic carbocycles. The van der Waals surface area contributed by atoms with E-state index < -0.39 is 5.97 Å². The van der Waals surface area contributed by atoms with Crippen LogP contribution < -0.4 is 5.32 Å². The van der Waals surface area contributed by atoms with Crippen molar-refractivity contribution in [2.24, 2.45) is 0 Å². The van der Waals surface area contributed by atoms with Gasteiger partial charge in [-0.2, -0.15) is 0 Å². The molecular weight excluding hydrogens is 344 g/mol. The first-order chi connectivity index (χ1) is 11.7. The molecule has 0 unspecified atom stereocenters. The minimum Gasteiger partial charge on any atom is -0.478 e. The van der Waals surface area contributed by atoms with Gasteiger partial charge in [0.25, 0.3) is 0 Å². The Balaban J connectivity index is 1.65. The Kier molecular flexibility index (Phi) is 3.99. The fraction of sp³-hybridized carbons (Fsp3) is 0.250. The summed E-state index contributed by atoms with van der Waals surface area (Å²) in [6.07, 6.45) is 7.39. The molecule has 0 aliphatic heterocycles. The zero-order chi connectivity index (χ0) is 16.5. The molecule has 0 saturated heterocycles. The molecule has 0 radical (unpaired) electrons. The molecule has 3 aromatic rings. The number of rotatable bonds is 4. The highest BCUT2D eigenvalue weighted by Gasteiger charge is 2.25. The molecule has 3 heterocycles. The van der Waals surface area contributed by atoms with Crippen molar-refractivity contribution in [3.63, 3.8) is 0 Å². The van der Waals surface area contributed by atoms with Crippen LogP contribution in [0.1, 0.15) is 33.6 Å². The van der Waals surface area contributed by atoms with E-state index in [1.165, 1.54) is 27.6 Å². The second kappa shape index (κ2) is 6.29. The minimum absolute atomic E-state index is 0.398. The van der Waals surface area contributed by atoms with Gasteiger partial charge in [-0.1, -0.05) is 11.3 Å². The normalized spacial score (nSPS) is 13.5. The molecule has 24 heavy (non-hydrogen) atoms. The Morgan fingerprint density at radius 3 is 2.71 bits per heavy atom. The number of carbonyl (C=O) groups is 1. The Morgan fingerprint density at radius 1 is 1.12 bits per heavy atom. The van der Waals surface area contributed by atoms with Crippen LogP contribution >= 0.6 is 22.7 Å². The van der Waals surface area contributed by atoms with E-state index in [0.29, 0.717) is 15.7 Å². The summed E-state index contributed by atoms with van der Waals surface area (Å²) < 4.78 is 0. The van der Waals surface area contributed by atoms with Gasteiger partial charge in [0.1, 0.15) is 10.0 Å². The number of aryl methyl sites for hydroxylation is 1. The van der Waals surface area contributed by atoms with Crippen molar-refractivity contribution in [2.45, 2.75) is 25.7 Å². The van der Waals surface area contributed by atoms with Gasteiger partial charge in [0.15, 0.2) is 0 Å². The van der Waals surface area contributed by atoms with Crippen molar-refractivity contribution >= 4 is 38.8 Å². The molecule has 3 aromatic heterocycles. The number of fused-ring (bicyclic) bond motifs is 1. The lowest BCUT2D eigenvalue weighted by Gasteiger charge is -2.10. The molecule has 0 fully saturated rings. The highest BCUT2D eigenvalue weighted by atomic mass is 32.1. The molecule has 1 aliphatic rings. The van der Waals surface area contributed by atoms with E-state index in [9.17, 15) is 9.90 Å². The second-order valence-electron chi connectivity index (χ2n) is 5.49. The fourth-order valence-electron chi connectivity index (χ4n) is 2.86. The van der Waals surface area contributed by atoms with Crippen molar-refractivity contribution in [1.29, 1.82) is 0 Å². The largest absolute Gasteiger partial charge is 0.478 e. The average Bonchev–Trinajstić information content (AvgIpc) is 3.20. The Labute approximate surface area is 146 Å². The summed E-state index contributed by atoms with van der Waals surface area (Å²) in [7, 11) is 0. The molecule has 0 bridgehead atoms. The molecule has 2 N–H and O–H groups in total. The number of nitrogens with zero attached hydrogens (tertiary/aromatic N) is 3. The van der Waals surface area contributed by atoms with E-state index in [-0.39, 0.29) is 0 Å². The highest BCUT2D eigenvalue weighted by Crippen LogP contribution is 2.40. The van der Waals surface area contributed by atoms with E-state index in [2.05, 4.69) is 20.5 Å². The first-order valence-corrected chi connectivity index (χ1v) is 9.24. The highest BCUT2D eigenvalue weighted by molar-refractivity contribution is 7.20. The monoisotopic (exact) mass is 358 g/mol. The third-order valence-corrected chi connectivity index (χ3v) is 6.05. The summed E-state index contributed by atoms with van der Waals surface area (Å²) in [6, 6.07) is 3.74. The molecular formula is C16H14N4O2S2. The maximum absolute atomic E-state index is 11.7. The second-order valence-corrected chi connectivity index (χ2v) is 7.58. The molecule has 0 atom stereocenters. The zero-order valence-electron chi connectivity index (χ0n) is 12.7. The van der Waals surface area contributed by atoms with Crippen molar-refractivity contribution in [3.05, 3.63) is 40.5 Å². The smallest absolute Gasteiger partial charge is 0.339 e. The summed E-state index contributed by atoms with van der Waals surface area (Å²) in [4.78, 5) is 16.9. The number of pyridine rings is 1. The van der Waals surface area contributed by atoms with Gasteiger partial charge in [-0.25, -0.2) is 4.79 Å². The summed E-state index contributed by atoms with van der Waals surface area (Å²) in [5.41, 5.74) is 2.33. The van der Waals surface area contributed by atoms with E-state index in [1.807, 2.05) is 12.1 Å². The van der Waals surface area contributed by atoms with Crippen LogP contribution in [-0.2, 0) is 12.8 Å². The Bertz CT molecular complexity index is 889. The number of hydrogen-bond donors (Lipinski definition) is 2. The number of carboxylic acid groups (broad SMARTS) is 1. The molecule has 0 saturated carbocycles. The number of aromatic carboxylic acids is 1. The zero-order valence-corrected chi connectivity index (χ0v) is 14.3. The minimum atomic E-state index is -0.879. The van der Waals surface area contributed by atoms with Crippen molar-refractivity contribution in [2.75, 3.05) is 5.32 Å². The quantitative estimate of drug-likeness (QED) is 0.733. The predicted octanol–water partition coefficient (Wildman–Crippen LogP) is 3.98. The van der Waals surface area contributed by atoms with Crippen LogP contribution in [0, 0.1) is 0 Å². The van der Waals surface area contributed by atoms with Crippen LogP contribution in [0.4, 0.5) is 10.1 Å². The lowest BCUT2D eigenvalue weighted by molar-refractivity contribution is 0.0697. The van der Waals surface area contributed by atoms with E-state index in [0.717, 1.165) is 41.8 Å². The van der Waals surface area contributed by atoms with Crippen molar-refractivity contribution in [1.82, 2.24) is 15.2 Å². The lowest BCUT2D eigenvalue weighted by Crippen LogP contribution is -2.06. The van der Waals surface area contributed by atoms with Gasteiger partial charge in [-0.05, 0) is 43.4 Å². The van der Waals surface area contributed by atoms with Gasteiger partial charge in [-0.15, -0.1) is 21.5 Å². The standard InChI is InChI=1S/C16H14N4O2S2/c21-15(22)12-10-3-1-2-4-11(10)23-14(12)18-16-20-19-13(24-16)9-5-7-17-8-6-9/h5-8H,1-4H2,(H,18,20)(H,21,22).